The molecule has 5 nitrogen and oxygen atoms in total. The van der Waals surface area contributed by atoms with Gasteiger partial charge in [0.25, 0.3) is 0 Å². The first-order valence-corrected chi connectivity index (χ1v) is 6.63. The van der Waals surface area contributed by atoms with Crippen LogP contribution in [0.15, 0.2) is 42.1 Å². The molecule has 1 aromatic carbocycles. The predicted molar refractivity (Wildman–Crippen MR) is 71.7 cm³/mol. The lowest BCUT2D eigenvalue weighted by Crippen LogP contribution is -2.34. The zero-order chi connectivity index (χ0) is 14.1. The van der Waals surface area contributed by atoms with E-state index in [9.17, 15) is 9.59 Å². The number of esters is 1. The van der Waals surface area contributed by atoms with Crippen molar-refractivity contribution in [1.29, 1.82) is 0 Å². The fourth-order valence-corrected chi connectivity index (χ4v) is 2.50. The minimum absolute atomic E-state index is 0.00210. The largest absolute Gasteiger partial charge is 0.463 e. The molecule has 0 spiro atoms. The number of amides is 1. The van der Waals surface area contributed by atoms with Crippen LogP contribution in [0.4, 0.5) is 0 Å². The van der Waals surface area contributed by atoms with Crippen LogP contribution in [0.1, 0.15) is 18.9 Å². The van der Waals surface area contributed by atoms with E-state index in [4.69, 9.17) is 4.74 Å². The van der Waals surface area contributed by atoms with Crippen LogP contribution < -0.4 is 0 Å². The summed E-state index contributed by atoms with van der Waals surface area (Å²) in [7, 11) is 0. The van der Waals surface area contributed by atoms with E-state index in [1.54, 1.807) is 13.1 Å². The summed E-state index contributed by atoms with van der Waals surface area (Å²) in [4.78, 5) is 23.9. The van der Waals surface area contributed by atoms with E-state index in [1.165, 1.54) is 5.01 Å². The van der Waals surface area contributed by atoms with E-state index >= 15 is 0 Å². The molecule has 1 fully saturated rings. The highest BCUT2D eigenvalue weighted by molar-refractivity contribution is 5.96. The van der Waals surface area contributed by atoms with E-state index in [2.05, 4.69) is 0 Å². The number of hydrogen-bond acceptors (Lipinski definition) is 4. The number of rotatable bonds is 3. The van der Waals surface area contributed by atoms with Gasteiger partial charge >= 0.3 is 5.97 Å². The molecule has 1 radical (unpaired) electrons. The van der Waals surface area contributed by atoms with Gasteiger partial charge in [0, 0.05) is 19.2 Å². The fourth-order valence-electron chi connectivity index (χ4n) is 2.50. The first-order chi connectivity index (χ1) is 9.72. The topological polar surface area (TPSA) is 49.9 Å². The van der Waals surface area contributed by atoms with Gasteiger partial charge in [0.15, 0.2) is 0 Å². The normalized spacial score (nSPS) is 19.1. The lowest BCUT2D eigenvalue weighted by Gasteiger charge is -2.25. The molecular weight excluding hydrogens is 256 g/mol. The second-order valence-electron chi connectivity index (χ2n) is 4.59. The molecule has 0 bridgehead atoms. The molecular formula is C15H15N2O3. The molecule has 0 saturated carbocycles. The number of carbonyl (C=O) groups excluding carboxylic acids is 2. The van der Waals surface area contributed by atoms with Gasteiger partial charge in [0.1, 0.15) is 6.04 Å². The van der Waals surface area contributed by atoms with E-state index in [0.717, 1.165) is 11.6 Å². The van der Waals surface area contributed by atoms with Gasteiger partial charge < -0.3 is 4.74 Å². The Hall–Kier alpha value is -2.14. The van der Waals surface area contributed by atoms with Gasteiger partial charge in [0.05, 0.1) is 12.2 Å². The molecule has 1 aromatic rings. The standard InChI is InChI=1S/C15H15N2O3/c1-2-20-15(19)12-10-17-13(18)8-9-16(17)14(12)11-6-4-3-5-7-11/h3-7,10H,2,8-9H2,1H3. The smallest absolute Gasteiger partial charge is 0.337 e. The molecule has 2 aliphatic heterocycles. The van der Waals surface area contributed by atoms with E-state index < -0.39 is 5.97 Å². The van der Waals surface area contributed by atoms with Crippen molar-refractivity contribution in [2.45, 2.75) is 13.3 Å². The third kappa shape index (κ3) is 2.00. The molecule has 0 aromatic heterocycles. The molecule has 2 heterocycles. The summed E-state index contributed by atoms with van der Waals surface area (Å²) in [6.45, 7) is 2.66. The van der Waals surface area contributed by atoms with Crippen LogP contribution in [0.25, 0.3) is 0 Å². The van der Waals surface area contributed by atoms with Crippen LogP contribution in [0.2, 0.25) is 0 Å². The number of carbonyl (C=O) groups is 2. The van der Waals surface area contributed by atoms with Crippen molar-refractivity contribution in [2.24, 2.45) is 0 Å². The number of nitrogens with zero attached hydrogens (tertiary/aromatic N) is 2. The maximum absolute atomic E-state index is 12.1. The van der Waals surface area contributed by atoms with E-state index in [1.807, 2.05) is 35.3 Å². The average molecular weight is 271 g/mol. The Labute approximate surface area is 117 Å². The lowest BCUT2D eigenvalue weighted by atomic mass is 10.00. The van der Waals surface area contributed by atoms with Crippen LogP contribution in [0.5, 0.6) is 0 Å². The summed E-state index contributed by atoms with van der Waals surface area (Å²) in [5, 5.41) is 3.35. The van der Waals surface area contributed by atoms with Crippen LogP contribution >= 0.6 is 0 Å². The van der Waals surface area contributed by atoms with Gasteiger partial charge in [-0.15, -0.1) is 0 Å². The molecule has 0 unspecified atom stereocenters. The second kappa shape index (κ2) is 5.09. The molecule has 20 heavy (non-hydrogen) atoms. The summed E-state index contributed by atoms with van der Waals surface area (Å²) >= 11 is 0. The van der Waals surface area contributed by atoms with E-state index in [0.29, 0.717) is 25.1 Å². The van der Waals surface area contributed by atoms with Crippen molar-refractivity contribution in [3.8, 4) is 0 Å². The van der Waals surface area contributed by atoms with Gasteiger partial charge in [-0.2, -0.15) is 5.01 Å². The molecule has 103 valence electrons. The van der Waals surface area contributed by atoms with Gasteiger partial charge in [0.2, 0.25) is 5.91 Å². The van der Waals surface area contributed by atoms with Crippen molar-refractivity contribution in [2.75, 3.05) is 13.2 Å². The number of hydrazine groups is 1. The predicted octanol–water partition coefficient (Wildman–Crippen LogP) is 1.48. The third-order valence-electron chi connectivity index (χ3n) is 3.36. The maximum Gasteiger partial charge on any atom is 0.337 e. The summed E-state index contributed by atoms with van der Waals surface area (Å²) < 4.78 is 5.09. The first-order valence-electron chi connectivity index (χ1n) is 6.63. The zero-order valence-electron chi connectivity index (χ0n) is 11.2. The molecule has 0 aliphatic carbocycles. The average Bonchev–Trinajstić information content (AvgIpc) is 3.00. The number of ether oxygens (including phenoxy) is 1. The third-order valence-corrected chi connectivity index (χ3v) is 3.36. The molecule has 0 N–H and O–H groups in total. The maximum atomic E-state index is 12.1. The first kappa shape index (κ1) is 12.9. The highest BCUT2D eigenvalue weighted by Crippen LogP contribution is 2.38. The Morgan fingerprint density at radius 3 is 2.75 bits per heavy atom. The summed E-state index contributed by atoms with van der Waals surface area (Å²) in [6.07, 6.45) is 2.04. The minimum atomic E-state index is -0.395. The molecule has 2 aliphatic rings. The Bertz CT molecular complexity index is 568. The number of fused-ring (bicyclic) bond motifs is 1. The number of benzene rings is 1. The SMILES string of the molecule is CCOC(=O)C1=CN2C(=O)CCN2[C]1c1ccccc1. The lowest BCUT2D eigenvalue weighted by molar-refractivity contribution is -0.138. The summed E-state index contributed by atoms with van der Waals surface area (Å²) in [5.74, 6) is -0.397. The number of hydrogen-bond donors (Lipinski definition) is 0. The van der Waals surface area contributed by atoms with Crippen LogP contribution in [-0.2, 0) is 14.3 Å². The van der Waals surface area contributed by atoms with Crippen molar-refractivity contribution in [3.63, 3.8) is 0 Å². The van der Waals surface area contributed by atoms with Crippen molar-refractivity contribution in [1.82, 2.24) is 10.0 Å². The highest BCUT2D eigenvalue weighted by Gasteiger charge is 2.44. The molecule has 5 heteroatoms. The van der Waals surface area contributed by atoms with E-state index in [-0.39, 0.29) is 5.91 Å². The quantitative estimate of drug-likeness (QED) is 0.781. The van der Waals surface area contributed by atoms with Crippen LogP contribution in [0, 0.1) is 6.04 Å². The van der Waals surface area contributed by atoms with Gasteiger partial charge in [-0.05, 0) is 12.5 Å². The Morgan fingerprint density at radius 2 is 2.05 bits per heavy atom. The van der Waals surface area contributed by atoms with Crippen molar-refractivity contribution >= 4 is 11.9 Å². The van der Waals surface area contributed by atoms with Gasteiger partial charge in [-0.3, -0.25) is 4.79 Å². The molecule has 0 atom stereocenters. The zero-order valence-corrected chi connectivity index (χ0v) is 11.2. The fraction of sp³-hybridized carbons (Fsp3) is 0.267. The monoisotopic (exact) mass is 271 g/mol. The molecule has 1 amide bonds. The molecule has 3 rings (SSSR count). The second-order valence-corrected chi connectivity index (χ2v) is 4.59. The Morgan fingerprint density at radius 1 is 1.30 bits per heavy atom. The van der Waals surface area contributed by atoms with Crippen LogP contribution in [-0.4, -0.2) is 35.0 Å². The van der Waals surface area contributed by atoms with Crippen molar-refractivity contribution < 1.29 is 14.3 Å². The van der Waals surface area contributed by atoms with Crippen molar-refractivity contribution in [3.05, 3.63) is 53.7 Å². The molecule has 1 saturated heterocycles. The summed E-state index contributed by atoms with van der Waals surface area (Å²) in [5.41, 5.74) is 1.34. The summed E-state index contributed by atoms with van der Waals surface area (Å²) in [6, 6.07) is 10.3. The minimum Gasteiger partial charge on any atom is -0.463 e. The van der Waals surface area contributed by atoms with Crippen LogP contribution in [0.3, 0.4) is 0 Å². The Kier molecular flexibility index (Phi) is 3.28. The Balaban J connectivity index is 1.98. The highest BCUT2D eigenvalue weighted by atomic mass is 16.5. The van der Waals surface area contributed by atoms with Gasteiger partial charge in [-0.25, -0.2) is 9.80 Å². The van der Waals surface area contributed by atoms with Gasteiger partial charge in [-0.1, -0.05) is 30.3 Å².